The highest BCUT2D eigenvalue weighted by atomic mass is 32.2. The second-order valence-electron chi connectivity index (χ2n) is 5.28. The minimum Gasteiger partial charge on any atom is -0.480 e. The van der Waals surface area contributed by atoms with Crippen molar-refractivity contribution in [3.8, 4) is 0 Å². The molecule has 1 aromatic heterocycles. The first-order valence-corrected chi connectivity index (χ1v) is 8.56. The maximum absolute atomic E-state index is 12.1. The molecule has 0 bridgehead atoms. The molecule has 1 fully saturated rings. The zero-order chi connectivity index (χ0) is 16.2. The zero-order valence-corrected chi connectivity index (χ0v) is 12.9. The molecule has 2 rings (SSSR count). The molecule has 1 unspecified atom stereocenters. The number of aliphatic carboxylic acids is 1. The number of nitrogens with one attached hydrogen (secondary N) is 2. The van der Waals surface area contributed by atoms with Crippen molar-refractivity contribution < 1.29 is 18.3 Å². The van der Waals surface area contributed by atoms with Crippen molar-refractivity contribution >= 4 is 16.2 Å². The highest BCUT2D eigenvalue weighted by molar-refractivity contribution is 7.87. The van der Waals surface area contributed by atoms with Crippen LogP contribution in [0, 0.1) is 0 Å². The van der Waals surface area contributed by atoms with Gasteiger partial charge in [0.15, 0.2) is 0 Å². The van der Waals surface area contributed by atoms with E-state index in [0.717, 1.165) is 5.82 Å². The van der Waals surface area contributed by atoms with Gasteiger partial charge in [0.1, 0.15) is 11.9 Å². The maximum atomic E-state index is 12.1. The fraction of sp³-hybridized carbons (Fsp3) is 0.667. The number of hydrogen-bond acceptors (Lipinski definition) is 5. The minimum atomic E-state index is -3.59. The second kappa shape index (κ2) is 7.18. The van der Waals surface area contributed by atoms with Crippen molar-refractivity contribution in [1.82, 2.24) is 19.0 Å². The summed E-state index contributed by atoms with van der Waals surface area (Å²) in [6.45, 7) is 0.825. The summed E-state index contributed by atoms with van der Waals surface area (Å²) in [6.07, 6.45) is 4.89. The SMILES string of the molecule is NC(CCNS(=O)(=O)N1CCC(c2ncc[nH]2)CC1)C(=O)O. The van der Waals surface area contributed by atoms with Crippen LogP contribution in [0.3, 0.4) is 0 Å². The number of nitrogens with two attached hydrogens (primary N) is 1. The van der Waals surface area contributed by atoms with Gasteiger partial charge < -0.3 is 15.8 Å². The molecule has 1 aromatic rings. The number of H-pyrrole nitrogens is 1. The molecule has 1 aliphatic heterocycles. The summed E-state index contributed by atoms with van der Waals surface area (Å²) in [5.74, 6) is -0.0159. The van der Waals surface area contributed by atoms with Crippen LogP contribution in [-0.2, 0) is 15.0 Å². The Morgan fingerprint density at radius 1 is 1.55 bits per heavy atom. The van der Waals surface area contributed by atoms with Gasteiger partial charge in [-0.1, -0.05) is 0 Å². The number of nitrogens with zero attached hydrogens (tertiary/aromatic N) is 2. The first kappa shape index (κ1) is 16.9. The lowest BCUT2D eigenvalue weighted by atomic mass is 9.98. The van der Waals surface area contributed by atoms with Crippen molar-refractivity contribution in [3.63, 3.8) is 0 Å². The van der Waals surface area contributed by atoms with Gasteiger partial charge in [-0.05, 0) is 19.3 Å². The molecule has 10 heteroatoms. The molecule has 0 amide bonds. The molecule has 0 aliphatic carbocycles. The highest BCUT2D eigenvalue weighted by Crippen LogP contribution is 2.26. The van der Waals surface area contributed by atoms with E-state index in [2.05, 4.69) is 14.7 Å². The van der Waals surface area contributed by atoms with Crippen LogP contribution in [0.25, 0.3) is 0 Å². The van der Waals surface area contributed by atoms with E-state index in [-0.39, 0.29) is 18.9 Å². The van der Waals surface area contributed by atoms with E-state index in [4.69, 9.17) is 10.8 Å². The normalized spacial score (nSPS) is 19.1. The Balaban J connectivity index is 1.80. The first-order valence-electron chi connectivity index (χ1n) is 7.12. The van der Waals surface area contributed by atoms with Crippen molar-refractivity contribution in [2.45, 2.75) is 31.2 Å². The van der Waals surface area contributed by atoms with Gasteiger partial charge in [0.25, 0.3) is 10.2 Å². The van der Waals surface area contributed by atoms with Gasteiger partial charge in [-0.3, -0.25) is 4.79 Å². The molecular weight excluding hydrogens is 310 g/mol. The topological polar surface area (TPSA) is 141 Å². The monoisotopic (exact) mass is 331 g/mol. The molecule has 1 aliphatic rings. The van der Waals surface area contributed by atoms with Gasteiger partial charge in [-0.25, -0.2) is 9.71 Å². The van der Waals surface area contributed by atoms with Crippen molar-refractivity contribution in [3.05, 3.63) is 18.2 Å². The highest BCUT2D eigenvalue weighted by Gasteiger charge is 2.29. The minimum absolute atomic E-state index is 0.00785. The van der Waals surface area contributed by atoms with Gasteiger partial charge >= 0.3 is 5.97 Å². The van der Waals surface area contributed by atoms with E-state index in [9.17, 15) is 13.2 Å². The quantitative estimate of drug-likeness (QED) is 0.517. The predicted octanol–water partition coefficient (Wildman–Crippen LogP) is -0.774. The van der Waals surface area contributed by atoms with Gasteiger partial charge in [-0.15, -0.1) is 0 Å². The maximum Gasteiger partial charge on any atom is 0.320 e. The van der Waals surface area contributed by atoms with Crippen LogP contribution >= 0.6 is 0 Å². The lowest BCUT2D eigenvalue weighted by Gasteiger charge is -2.30. The molecule has 0 saturated carbocycles. The number of imidazole rings is 1. The standard InChI is InChI=1S/C12H21N5O4S/c13-10(12(18)19)1-4-16-22(20,21)17-7-2-9(3-8-17)11-14-5-6-15-11/h5-6,9-10,16H,1-4,7-8,13H2,(H,14,15)(H,18,19). The van der Waals surface area contributed by atoms with Crippen LogP contribution in [0.4, 0.5) is 0 Å². The third kappa shape index (κ3) is 4.26. The van der Waals surface area contributed by atoms with Crippen LogP contribution in [0.15, 0.2) is 12.4 Å². The van der Waals surface area contributed by atoms with Crippen LogP contribution in [0.2, 0.25) is 0 Å². The molecule has 1 atom stereocenters. The molecule has 2 heterocycles. The number of rotatable bonds is 7. The van der Waals surface area contributed by atoms with E-state index in [1.54, 1.807) is 12.4 Å². The Labute approximate surface area is 129 Å². The predicted molar refractivity (Wildman–Crippen MR) is 79.3 cm³/mol. The van der Waals surface area contributed by atoms with Crippen molar-refractivity contribution in [1.29, 1.82) is 0 Å². The second-order valence-corrected chi connectivity index (χ2v) is 7.04. The summed E-state index contributed by atoms with van der Waals surface area (Å²) in [5, 5.41) is 8.66. The van der Waals surface area contributed by atoms with Crippen LogP contribution < -0.4 is 10.5 Å². The van der Waals surface area contributed by atoms with E-state index in [1.165, 1.54) is 4.31 Å². The smallest absolute Gasteiger partial charge is 0.320 e. The number of piperidine rings is 1. The summed E-state index contributed by atoms with van der Waals surface area (Å²) in [6, 6.07) is -1.06. The van der Waals surface area contributed by atoms with Crippen molar-refractivity contribution in [2.24, 2.45) is 5.73 Å². The summed E-state index contributed by atoms with van der Waals surface area (Å²) in [7, 11) is -3.59. The molecular formula is C12H21N5O4S. The summed E-state index contributed by atoms with van der Waals surface area (Å²) in [4.78, 5) is 17.8. The summed E-state index contributed by atoms with van der Waals surface area (Å²) in [5.41, 5.74) is 5.34. The first-order chi connectivity index (χ1) is 10.4. The molecule has 9 nitrogen and oxygen atoms in total. The Morgan fingerprint density at radius 3 is 2.77 bits per heavy atom. The van der Waals surface area contributed by atoms with Gasteiger partial charge in [-0.2, -0.15) is 12.7 Å². The zero-order valence-electron chi connectivity index (χ0n) is 12.1. The number of carboxylic acid groups (broad SMARTS) is 1. The van der Waals surface area contributed by atoms with E-state index < -0.39 is 22.2 Å². The lowest BCUT2D eigenvalue weighted by molar-refractivity contribution is -0.138. The fourth-order valence-corrected chi connectivity index (χ4v) is 3.68. The largest absolute Gasteiger partial charge is 0.480 e. The Hall–Kier alpha value is -1.49. The fourth-order valence-electron chi connectivity index (χ4n) is 2.43. The van der Waals surface area contributed by atoms with E-state index >= 15 is 0 Å². The van der Waals surface area contributed by atoms with E-state index in [0.29, 0.717) is 25.9 Å². The number of aromatic nitrogens is 2. The number of carbonyl (C=O) groups is 1. The Morgan fingerprint density at radius 2 is 2.23 bits per heavy atom. The molecule has 1 saturated heterocycles. The van der Waals surface area contributed by atoms with Crippen LogP contribution in [0.1, 0.15) is 31.0 Å². The summed E-state index contributed by atoms with van der Waals surface area (Å²) >= 11 is 0. The molecule has 5 N–H and O–H groups in total. The lowest BCUT2D eigenvalue weighted by Crippen LogP contribution is -2.46. The van der Waals surface area contributed by atoms with E-state index in [1.807, 2.05) is 0 Å². The Kier molecular flexibility index (Phi) is 5.51. The third-order valence-corrected chi connectivity index (χ3v) is 5.37. The molecule has 22 heavy (non-hydrogen) atoms. The number of aromatic amines is 1. The number of hydrogen-bond donors (Lipinski definition) is 4. The number of carboxylic acids is 1. The molecule has 124 valence electrons. The van der Waals surface area contributed by atoms with Gasteiger partial charge in [0.2, 0.25) is 0 Å². The average Bonchev–Trinajstić information content (AvgIpc) is 3.01. The van der Waals surface area contributed by atoms with Crippen molar-refractivity contribution in [2.75, 3.05) is 19.6 Å². The van der Waals surface area contributed by atoms with Gasteiger partial charge in [0, 0.05) is 37.9 Å². The molecule has 0 aromatic carbocycles. The molecule has 0 radical (unpaired) electrons. The van der Waals surface area contributed by atoms with Crippen LogP contribution in [0.5, 0.6) is 0 Å². The van der Waals surface area contributed by atoms with Crippen LogP contribution in [-0.4, -0.2) is 59.4 Å². The summed E-state index contributed by atoms with van der Waals surface area (Å²) < 4.78 is 28.0. The van der Waals surface area contributed by atoms with Gasteiger partial charge in [0.05, 0.1) is 0 Å². The molecule has 0 spiro atoms. The average molecular weight is 331 g/mol. The third-order valence-electron chi connectivity index (χ3n) is 3.76. The Bertz CT molecular complexity index is 581.